The Balaban J connectivity index is 2.86. The summed E-state index contributed by atoms with van der Waals surface area (Å²) in [5.74, 6) is -0.459. The zero-order chi connectivity index (χ0) is 13.3. The molecule has 1 rings (SSSR count). The second kappa shape index (κ2) is 4.39. The molecule has 17 heavy (non-hydrogen) atoms. The topological polar surface area (TPSA) is 26.3 Å². The number of carbonyl (C=O) groups excluding carboxylic acids is 1. The monoisotopic (exact) mass is 246 g/mol. The van der Waals surface area contributed by atoms with Crippen LogP contribution in [-0.4, -0.2) is 12.1 Å². The molecule has 0 bridgehead atoms. The predicted octanol–water partition coefficient (Wildman–Crippen LogP) is 3.81. The summed E-state index contributed by atoms with van der Waals surface area (Å²) < 4.78 is 39.4. The van der Waals surface area contributed by atoms with Crippen LogP contribution in [0.1, 0.15) is 31.1 Å². The van der Waals surface area contributed by atoms with Gasteiger partial charge in [0.2, 0.25) is 0 Å². The molecule has 0 aliphatic rings. The Morgan fingerprint density at radius 1 is 1.06 bits per heavy atom. The highest BCUT2D eigenvalue weighted by Gasteiger charge is 2.31. The maximum atomic E-state index is 11.9. The molecule has 0 atom stereocenters. The van der Waals surface area contributed by atoms with Crippen LogP contribution in [0.4, 0.5) is 13.2 Å². The Hall–Kier alpha value is -1.52. The van der Waals surface area contributed by atoms with Crippen molar-refractivity contribution in [3.05, 3.63) is 29.8 Å². The van der Waals surface area contributed by atoms with E-state index >= 15 is 0 Å². The summed E-state index contributed by atoms with van der Waals surface area (Å²) in [6, 6.07) is 4.92. The lowest BCUT2D eigenvalue weighted by molar-refractivity contribution is -0.274. The first kappa shape index (κ1) is 13.5. The highest BCUT2D eigenvalue weighted by atomic mass is 19.4. The fourth-order valence-corrected chi connectivity index (χ4v) is 1.24. The van der Waals surface area contributed by atoms with Gasteiger partial charge in [0.25, 0.3) is 0 Å². The number of halogens is 3. The summed E-state index contributed by atoms with van der Waals surface area (Å²) in [4.78, 5) is 11.8. The lowest BCUT2D eigenvalue weighted by Crippen LogP contribution is -2.20. The maximum absolute atomic E-state index is 11.9. The summed E-state index contributed by atoms with van der Waals surface area (Å²) in [7, 11) is 0. The molecule has 0 aromatic heterocycles. The fraction of sp³-hybridized carbons (Fsp3) is 0.417. The Labute approximate surface area is 97.4 Å². The molecule has 2 nitrogen and oxygen atoms in total. The van der Waals surface area contributed by atoms with E-state index in [0.29, 0.717) is 5.56 Å². The molecule has 1 aromatic rings. The molecule has 0 saturated carbocycles. The molecular formula is C12H13F3O2. The number of hydrogen-bond donors (Lipinski definition) is 0. The van der Waals surface area contributed by atoms with Gasteiger partial charge in [-0.15, -0.1) is 13.2 Å². The number of Topliss-reactive ketones (excluding diaryl/α,β-unsaturated/α-hetero) is 1. The summed E-state index contributed by atoms with van der Waals surface area (Å²) in [6.45, 7) is 5.24. The molecule has 0 aliphatic heterocycles. The normalized spacial score (nSPS) is 12.4. The fourth-order valence-electron chi connectivity index (χ4n) is 1.24. The lowest BCUT2D eigenvalue weighted by atomic mass is 9.86. The van der Waals surface area contributed by atoms with E-state index < -0.39 is 11.8 Å². The Morgan fingerprint density at radius 3 is 1.88 bits per heavy atom. The van der Waals surface area contributed by atoms with Crippen LogP contribution < -0.4 is 4.74 Å². The van der Waals surface area contributed by atoms with Gasteiger partial charge in [-0.05, 0) is 24.3 Å². The van der Waals surface area contributed by atoms with Gasteiger partial charge in [-0.3, -0.25) is 4.79 Å². The van der Waals surface area contributed by atoms with Gasteiger partial charge >= 0.3 is 6.36 Å². The minimum Gasteiger partial charge on any atom is -0.406 e. The van der Waals surface area contributed by atoms with Gasteiger partial charge in [0.1, 0.15) is 5.75 Å². The minimum absolute atomic E-state index is 0.129. The van der Waals surface area contributed by atoms with Gasteiger partial charge in [0, 0.05) is 11.0 Å². The van der Waals surface area contributed by atoms with E-state index in [4.69, 9.17) is 0 Å². The number of hydrogen-bond acceptors (Lipinski definition) is 2. The Kier molecular flexibility index (Phi) is 3.50. The largest absolute Gasteiger partial charge is 0.573 e. The average Bonchev–Trinajstić information content (AvgIpc) is 2.14. The number of ketones is 1. The molecule has 0 amide bonds. The van der Waals surface area contributed by atoms with Crippen LogP contribution in [0.15, 0.2) is 24.3 Å². The zero-order valence-corrected chi connectivity index (χ0v) is 9.76. The third kappa shape index (κ3) is 4.09. The van der Waals surface area contributed by atoms with E-state index in [1.54, 1.807) is 20.8 Å². The molecular weight excluding hydrogens is 233 g/mol. The van der Waals surface area contributed by atoms with Crippen molar-refractivity contribution in [2.24, 2.45) is 5.41 Å². The number of ether oxygens (including phenoxy) is 1. The zero-order valence-electron chi connectivity index (χ0n) is 9.76. The van der Waals surface area contributed by atoms with E-state index in [-0.39, 0.29) is 11.5 Å². The van der Waals surface area contributed by atoms with Crippen LogP contribution in [0.3, 0.4) is 0 Å². The molecule has 0 N–H and O–H groups in total. The third-order valence-corrected chi connectivity index (χ3v) is 2.03. The Morgan fingerprint density at radius 2 is 1.53 bits per heavy atom. The van der Waals surface area contributed by atoms with Crippen LogP contribution in [0.5, 0.6) is 5.75 Å². The van der Waals surface area contributed by atoms with Crippen molar-refractivity contribution in [2.45, 2.75) is 27.1 Å². The van der Waals surface area contributed by atoms with Gasteiger partial charge < -0.3 is 4.74 Å². The van der Waals surface area contributed by atoms with Crippen molar-refractivity contribution in [1.82, 2.24) is 0 Å². The van der Waals surface area contributed by atoms with Crippen molar-refractivity contribution >= 4 is 5.78 Å². The summed E-state index contributed by atoms with van der Waals surface area (Å²) >= 11 is 0. The van der Waals surface area contributed by atoms with Crippen molar-refractivity contribution < 1.29 is 22.7 Å². The lowest BCUT2D eigenvalue weighted by Gasteiger charge is -2.16. The first-order chi connectivity index (χ1) is 7.59. The molecule has 0 radical (unpaired) electrons. The van der Waals surface area contributed by atoms with Crippen molar-refractivity contribution in [3.63, 3.8) is 0 Å². The maximum Gasteiger partial charge on any atom is 0.573 e. The average molecular weight is 246 g/mol. The van der Waals surface area contributed by atoms with Crippen LogP contribution >= 0.6 is 0 Å². The van der Waals surface area contributed by atoms with Gasteiger partial charge in [-0.25, -0.2) is 0 Å². The summed E-state index contributed by atoms with van der Waals surface area (Å²) in [5.41, 5.74) is -0.195. The van der Waals surface area contributed by atoms with Gasteiger partial charge in [0.15, 0.2) is 5.78 Å². The number of benzene rings is 1. The van der Waals surface area contributed by atoms with E-state index in [0.717, 1.165) is 12.1 Å². The van der Waals surface area contributed by atoms with Gasteiger partial charge in [0.05, 0.1) is 0 Å². The highest BCUT2D eigenvalue weighted by Crippen LogP contribution is 2.25. The molecule has 5 heteroatoms. The number of rotatable bonds is 2. The number of carbonyl (C=O) groups is 1. The highest BCUT2D eigenvalue weighted by molar-refractivity contribution is 5.99. The quantitative estimate of drug-likeness (QED) is 0.741. The SMILES string of the molecule is CC(C)(C)C(=O)c1ccc(OC(F)(F)F)cc1. The van der Waals surface area contributed by atoms with Crippen LogP contribution in [-0.2, 0) is 0 Å². The van der Waals surface area contributed by atoms with Crippen molar-refractivity contribution in [2.75, 3.05) is 0 Å². The van der Waals surface area contributed by atoms with E-state index in [1.165, 1.54) is 12.1 Å². The molecule has 94 valence electrons. The van der Waals surface area contributed by atoms with Crippen LogP contribution in [0.25, 0.3) is 0 Å². The van der Waals surface area contributed by atoms with E-state index in [2.05, 4.69) is 4.74 Å². The van der Waals surface area contributed by atoms with E-state index in [9.17, 15) is 18.0 Å². The summed E-state index contributed by atoms with van der Waals surface area (Å²) in [6.07, 6.45) is -4.71. The predicted molar refractivity (Wildman–Crippen MR) is 56.9 cm³/mol. The molecule has 0 unspecified atom stereocenters. The molecule has 0 fully saturated rings. The molecule has 0 saturated heterocycles. The van der Waals surface area contributed by atoms with Crippen LogP contribution in [0, 0.1) is 5.41 Å². The van der Waals surface area contributed by atoms with Gasteiger partial charge in [-0.2, -0.15) is 0 Å². The minimum atomic E-state index is -4.71. The smallest absolute Gasteiger partial charge is 0.406 e. The molecule has 0 heterocycles. The molecule has 0 spiro atoms. The second-order valence-electron chi connectivity index (χ2n) is 4.65. The first-order valence-corrected chi connectivity index (χ1v) is 5.00. The summed E-state index contributed by atoms with van der Waals surface area (Å²) in [5, 5.41) is 0. The van der Waals surface area contributed by atoms with Crippen molar-refractivity contribution in [1.29, 1.82) is 0 Å². The number of alkyl halides is 3. The second-order valence-corrected chi connectivity index (χ2v) is 4.65. The molecule has 1 aromatic carbocycles. The van der Waals surface area contributed by atoms with E-state index in [1.807, 2.05) is 0 Å². The first-order valence-electron chi connectivity index (χ1n) is 5.00. The standard InChI is InChI=1S/C12H13F3O2/c1-11(2,3)10(16)8-4-6-9(7-5-8)17-12(13,14)15/h4-7H,1-3H3. The van der Waals surface area contributed by atoms with Crippen molar-refractivity contribution in [3.8, 4) is 5.75 Å². The van der Waals surface area contributed by atoms with Crippen LogP contribution in [0.2, 0.25) is 0 Å². The molecule has 0 aliphatic carbocycles. The van der Waals surface area contributed by atoms with Gasteiger partial charge in [-0.1, -0.05) is 20.8 Å². The third-order valence-electron chi connectivity index (χ3n) is 2.03. The Bertz CT molecular complexity index is 399.